The van der Waals surface area contributed by atoms with Gasteiger partial charge in [-0.1, -0.05) is 292 Å². The van der Waals surface area contributed by atoms with E-state index in [2.05, 4.69) is 41.5 Å². The number of esters is 4. The summed E-state index contributed by atoms with van der Waals surface area (Å²) in [5.74, 6) is -0.603. The number of hydrogen-bond acceptors (Lipinski definition) is 15. The van der Waals surface area contributed by atoms with Gasteiger partial charge in [0.1, 0.15) is 19.3 Å². The van der Waals surface area contributed by atoms with Crippen LogP contribution in [0, 0.1) is 11.8 Å². The molecule has 0 aromatic rings. The number of aliphatic hydroxyl groups excluding tert-OH is 1. The van der Waals surface area contributed by atoms with E-state index >= 15 is 0 Å². The molecule has 0 bridgehead atoms. The van der Waals surface area contributed by atoms with Crippen LogP contribution in [-0.4, -0.2) is 96.7 Å². The zero-order valence-electron chi connectivity index (χ0n) is 56.3. The van der Waals surface area contributed by atoms with Crippen LogP contribution in [0.1, 0.15) is 343 Å². The van der Waals surface area contributed by atoms with Crippen molar-refractivity contribution in [3.63, 3.8) is 0 Å². The molecule has 0 spiro atoms. The van der Waals surface area contributed by atoms with Gasteiger partial charge in [-0.25, -0.2) is 9.13 Å². The second-order valence-corrected chi connectivity index (χ2v) is 28.4. The Balaban J connectivity index is 5.24. The molecule has 19 heteroatoms. The lowest BCUT2D eigenvalue weighted by atomic mass is 10.0. The van der Waals surface area contributed by atoms with Crippen LogP contribution < -0.4 is 0 Å². The van der Waals surface area contributed by atoms with Crippen LogP contribution in [0.4, 0.5) is 0 Å². The topological polar surface area (TPSA) is 237 Å². The normalized spacial score (nSPS) is 14.2. The SMILES string of the molecule is CCCCCCCCCCCCCC(=O)O[C@H](COC(=O)CCCCCCCCCCC)COP(=O)(O)OC[C@H](O)COP(=O)(O)OC[C@@H](COC(=O)CCCCCCCCCCCCC(C)C)OC(=O)CCCCCCCCCCCCCC(C)C. The Labute approximate surface area is 530 Å². The van der Waals surface area contributed by atoms with E-state index in [0.29, 0.717) is 25.7 Å². The largest absolute Gasteiger partial charge is 0.472 e. The van der Waals surface area contributed by atoms with Crippen molar-refractivity contribution in [2.24, 2.45) is 11.8 Å². The van der Waals surface area contributed by atoms with Gasteiger partial charge in [0.05, 0.1) is 26.4 Å². The van der Waals surface area contributed by atoms with E-state index in [1.54, 1.807) is 0 Å². The molecule has 0 aliphatic carbocycles. The van der Waals surface area contributed by atoms with Crippen molar-refractivity contribution in [2.45, 2.75) is 362 Å². The highest BCUT2D eigenvalue weighted by Crippen LogP contribution is 2.45. The molecule has 0 heterocycles. The summed E-state index contributed by atoms with van der Waals surface area (Å²) in [6, 6.07) is 0. The molecule has 3 N–H and O–H groups in total. The third kappa shape index (κ3) is 62.6. The summed E-state index contributed by atoms with van der Waals surface area (Å²) in [5.41, 5.74) is 0. The van der Waals surface area contributed by atoms with Gasteiger partial charge >= 0.3 is 39.5 Å². The van der Waals surface area contributed by atoms with Gasteiger partial charge in [-0.2, -0.15) is 0 Å². The maximum Gasteiger partial charge on any atom is 0.472 e. The van der Waals surface area contributed by atoms with Gasteiger partial charge in [0, 0.05) is 25.7 Å². The first-order valence-corrected chi connectivity index (χ1v) is 38.5. The molecule has 0 aromatic carbocycles. The molecule has 0 radical (unpaired) electrons. The molecule has 0 saturated heterocycles. The lowest BCUT2D eigenvalue weighted by Crippen LogP contribution is -2.30. The standard InChI is InChI=1S/C68H132O17P2/c1-7-9-11-13-15-17-19-28-34-40-46-52-67(72)84-63(56-78-65(70)50-44-38-32-24-16-14-12-10-8-2)58-82-86(74,75)80-54-62(69)55-81-87(76,77)83-59-64(57-79-66(71)51-45-39-33-27-23-22-26-31-37-43-49-61(5)6)85-68(73)53-47-41-35-29-21-18-20-25-30-36-42-48-60(3)4/h60-64,69H,7-59H2,1-6H3,(H,74,75)(H,76,77)/t62-,63+,64+/m0/s1. The molecule has 0 aliphatic rings. The van der Waals surface area contributed by atoms with Crippen molar-refractivity contribution in [2.75, 3.05) is 39.6 Å². The number of hydrogen-bond donors (Lipinski definition) is 3. The lowest BCUT2D eigenvalue weighted by Gasteiger charge is -2.21. The number of carbonyl (C=O) groups is 4. The van der Waals surface area contributed by atoms with Gasteiger partial charge in [-0.15, -0.1) is 0 Å². The van der Waals surface area contributed by atoms with E-state index in [1.807, 2.05) is 0 Å². The zero-order valence-corrected chi connectivity index (χ0v) is 58.1. The Morgan fingerprint density at radius 1 is 0.310 bits per heavy atom. The van der Waals surface area contributed by atoms with Gasteiger partial charge in [0.2, 0.25) is 0 Å². The summed E-state index contributed by atoms with van der Waals surface area (Å²) in [4.78, 5) is 72.4. The first-order chi connectivity index (χ1) is 41.9. The van der Waals surface area contributed by atoms with Crippen LogP contribution in [0.15, 0.2) is 0 Å². The highest BCUT2D eigenvalue weighted by molar-refractivity contribution is 7.47. The number of carbonyl (C=O) groups excluding carboxylic acids is 4. The van der Waals surface area contributed by atoms with Gasteiger partial charge in [0.25, 0.3) is 0 Å². The van der Waals surface area contributed by atoms with Crippen molar-refractivity contribution >= 4 is 39.5 Å². The third-order valence-electron chi connectivity index (χ3n) is 15.7. The van der Waals surface area contributed by atoms with Gasteiger partial charge in [-0.3, -0.25) is 37.3 Å². The third-order valence-corrected chi connectivity index (χ3v) is 17.6. The average molecular weight is 1280 g/mol. The summed E-state index contributed by atoms with van der Waals surface area (Å²) in [7, 11) is -9.89. The predicted molar refractivity (Wildman–Crippen MR) is 349 cm³/mol. The number of phosphoric acid groups is 2. The van der Waals surface area contributed by atoms with Gasteiger partial charge in [-0.05, 0) is 37.5 Å². The highest BCUT2D eigenvalue weighted by Gasteiger charge is 2.30. The highest BCUT2D eigenvalue weighted by atomic mass is 31.2. The van der Waals surface area contributed by atoms with Crippen LogP contribution in [0.25, 0.3) is 0 Å². The lowest BCUT2D eigenvalue weighted by molar-refractivity contribution is -0.161. The fourth-order valence-electron chi connectivity index (χ4n) is 10.2. The summed E-state index contributed by atoms with van der Waals surface area (Å²) in [5, 5.41) is 10.6. The van der Waals surface area contributed by atoms with Crippen molar-refractivity contribution in [1.82, 2.24) is 0 Å². The van der Waals surface area contributed by atoms with Crippen LogP contribution in [-0.2, 0) is 65.4 Å². The van der Waals surface area contributed by atoms with Crippen LogP contribution in [0.3, 0.4) is 0 Å². The second-order valence-electron chi connectivity index (χ2n) is 25.5. The summed E-state index contributed by atoms with van der Waals surface area (Å²) >= 11 is 0. The molecule has 5 atom stereocenters. The predicted octanol–water partition coefficient (Wildman–Crippen LogP) is 19.2. The molecular weight excluding hydrogens is 1150 g/mol. The number of phosphoric ester groups is 2. The van der Waals surface area contributed by atoms with Crippen LogP contribution >= 0.6 is 15.6 Å². The molecule has 0 saturated carbocycles. The Bertz CT molecular complexity index is 1700. The van der Waals surface area contributed by atoms with E-state index < -0.39 is 97.5 Å². The smallest absolute Gasteiger partial charge is 0.462 e. The summed E-state index contributed by atoms with van der Waals surface area (Å²) < 4.78 is 68.2. The summed E-state index contributed by atoms with van der Waals surface area (Å²) in [6.07, 6.45) is 44.3. The second kappa shape index (κ2) is 60.3. The Hall–Kier alpha value is -1.94. The van der Waals surface area contributed by atoms with E-state index in [9.17, 15) is 43.2 Å². The molecule has 0 amide bonds. The maximum atomic E-state index is 13.0. The molecule has 87 heavy (non-hydrogen) atoms. The Morgan fingerprint density at radius 2 is 0.529 bits per heavy atom. The molecule has 0 aliphatic heterocycles. The molecule has 516 valence electrons. The minimum atomic E-state index is -4.95. The number of aliphatic hydroxyl groups is 1. The van der Waals surface area contributed by atoms with Crippen molar-refractivity contribution in [1.29, 1.82) is 0 Å². The quantitative estimate of drug-likeness (QED) is 0.0222. The monoisotopic (exact) mass is 1280 g/mol. The van der Waals surface area contributed by atoms with Crippen LogP contribution in [0.5, 0.6) is 0 Å². The van der Waals surface area contributed by atoms with Crippen molar-refractivity contribution in [3.8, 4) is 0 Å². The minimum Gasteiger partial charge on any atom is -0.462 e. The van der Waals surface area contributed by atoms with E-state index in [1.165, 1.54) is 161 Å². The van der Waals surface area contributed by atoms with E-state index in [4.69, 9.17) is 37.0 Å². The van der Waals surface area contributed by atoms with E-state index in [-0.39, 0.29) is 25.7 Å². The van der Waals surface area contributed by atoms with Gasteiger partial charge in [0.15, 0.2) is 12.2 Å². The van der Waals surface area contributed by atoms with Crippen molar-refractivity contribution in [3.05, 3.63) is 0 Å². The zero-order chi connectivity index (χ0) is 64.3. The minimum absolute atomic E-state index is 0.106. The molecule has 0 fully saturated rings. The number of rotatable bonds is 67. The maximum absolute atomic E-state index is 13.0. The average Bonchev–Trinajstić information content (AvgIpc) is 3.69. The molecular formula is C68H132O17P2. The molecule has 17 nitrogen and oxygen atoms in total. The Kier molecular flexibility index (Phi) is 59.0. The Morgan fingerprint density at radius 3 is 0.782 bits per heavy atom. The number of ether oxygens (including phenoxy) is 4. The summed E-state index contributed by atoms with van der Waals surface area (Å²) in [6.45, 7) is 9.51. The fraction of sp³-hybridized carbons (Fsp3) is 0.941. The van der Waals surface area contributed by atoms with E-state index in [0.717, 1.165) is 102 Å². The fourth-order valence-corrected chi connectivity index (χ4v) is 11.8. The van der Waals surface area contributed by atoms with Gasteiger partial charge < -0.3 is 33.8 Å². The molecule has 2 unspecified atom stereocenters. The first-order valence-electron chi connectivity index (χ1n) is 35.5. The van der Waals surface area contributed by atoms with Crippen molar-refractivity contribution < 1.29 is 80.2 Å². The molecule has 0 aromatic heterocycles. The number of unbranched alkanes of at least 4 members (excludes halogenated alkanes) is 37. The molecule has 0 rings (SSSR count). The first kappa shape index (κ1) is 85.1. The van der Waals surface area contributed by atoms with Crippen LogP contribution in [0.2, 0.25) is 0 Å².